The molecule has 2 atom stereocenters. The number of hydrogen-bond donors (Lipinski definition) is 0. The van der Waals surface area contributed by atoms with Gasteiger partial charge in [0.05, 0.1) is 31.2 Å². The second-order valence-electron chi connectivity index (χ2n) is 10.2. The minimum absolute atomic E-state index is 0.0125. The van der Waals surface area contributed by atoms with Crippen molar-refractivity contribution in [1.29, 1.82) is 0 Å². The van der Waals surface area contributed by atoms with Gasteiger partial charge in [-0.1, -0.05) is 52.4 Å². The summed E-state index contributed by atoms with van der Waals surface area (Å²) in [5.74, 6) is -1.19. The van der Waals surface area contributed by atoms with Crippen molar-refractivity contribution >= 4 is 0 Å². The van der Waals surface area contributed by atoms with E-state index in [9.17, 15) is 4.39 Å². The van der Waals surface area contributed by atoms with Crippen LogP contribution in [0.3, 0.4) is 0 Å². The molecule has 2 aromatic rings. The maximum atomic E-state index is 15.1. The smallest absolute Gasteiger partial charge is 0.168 e. The van der Waals surface area contributed by atoms with Crippen molar-refractivity contribution in [1.82, 2.24) is 4.98 Å². The van der Waals surface area contributed by atoms with E-state index in [1.807, 2.05) is 0 Å². The molecule has 212 valence electrons. The highest BCUT2D eigenvalue weighted by atomic mass is 19.2. The summed E-state index contributed by atoms with van der Waals surface area (Å²) in [4.78, 5) is 4.32. The van der Waals surface area contributed by atoms with Crippen molar-refractivity contribution in [3.05, 3.63) is 47.2 Å². The van der Waals surface area contributed by atoms with Crippen LogP contribution in [-0.2, 0) is 22.3 Å². The number of nitrogens with zero attached hydrogens (tertiary/aromatic N) is 1. The number of ether oxygens (including phenoxy) is 3. The van der Waals surface area contributed by atoms with Crippen LogP contribution in [0.25, 0.3) is 11.3 Å². The number of pyridine rings is 1. The first-order valence-electron chi connectivity index (χ1n) is 14.5. The van der Waals surface area contributed by atoms with Gasteiger partial charge in [0, 0.05) is 31.6 Å². The fourth-order valence-corrected chi connectivity index (χ4v) is 4.78. The number of unbranched alkanes of at least 4 members (excludes halogenated alkanes) is 5. The molecular formula is C31H44F3NO3. The molecule has 1 aromatic carbocycles. The molecule has 4 nitrogen and oxygen atoms in total. The predicted molar refractivity (Wildman–Crippen MR) is 145 cm³/mol. The van der Waals surface area contributed by atoms with Crippen molar-refractivity contribution < 1.29 is 27.4 Å². The standard InChI is InChI=1S/C31H44F3NO3/c1-3-5-7-8-11-24(32)22-38-25-13-12-23-19-28(31(34)30(33)27(23)20-25)29-15-14-26(21-35-29)37-18-10-17-36-16-9-6-4-2/h14-15,19,21,24-25H,3-13,16-18,20,22H2,1-2H3. The molecule has 3 rings (SSSR count). The number of hydrogen-bond acceptors (Lipinski definition) is 4. The number of aryl methyl sites for hydroxylation is 1. The Bertz CT molecular complexity index is 954. The summed E-state index contributed by atoms with van der Waals surface area (Å²) in [6, 6.07) is 5.06. The fourth-order valence-electron chi connectivity index (χ4n) is 4.78. The first-order valence-corrected chi connectivity index (χ1v) is 14.5. The van der Waals surface area contributed by atoms with Gasteiger partial charge >= 0.3 is 0 Å². The van der Waals surface area contributed by atoms with Crippen LogP contribution in [0.5, 0.6) is 5.75 Å². The van der Waals surface area contributed by atoms with E-state index < -0.39 is 17.8 Å². The zero-order valence-electron chi connectivity index (χ0n) is 23.1. The molecule has 0 fully saturated rings. The molecule has 0 saturated heterocycles. The molecule has 38 heavy (non-hydrogen) atoms. The minimum Gasteiger partial charge on any atom is -0.492 e. The third kappa shape index (κ3) is 9.57. The van der Waals surface area contributed by atoms with Crippen molar-refractivity contribution in [2.24, 2.45) is 0 Å². The lowest BCUT2D eigenvalue weighted by Gasteiger charge is -2.26. The normalized spacial score (nSPS) is 15.9. The molecule has 1 aliphatic carbocycles. The summed E-state index contributed by atoms with van der Waals surface area (Å²) in [6.45, 7) is 6.22. The Hall–Kier alpha value is -2.12. The van der Waals surface area contributed by atoms with Gasteiger partial charge in [-0.15, -0.1) is 0 Å². The van der Waals surface area contributed by atoms with Crippen molar-refractivity contribution in [2.75, 3.05) is 26.4 Å². The first kappa shape index (κ1) is 30.4. The van der Waals surface area contributed by atoms with E-state index in [0.717, 1.165) is 50.7 Å². The fraction of sp³-hybridized carbons (Fsp3) is 0.645. The molecule has 7 heteroatoms. The molecule has 0 radical (unpaired) electrons. The highest BCUT2D eigenvalue weighted by Crippen LogP contribution is 2.33. The van der Waals surface area contributed by atoms with E-state index in [1.165, 1.54) is 19.0 Å². The Morgan fingerprint density at radius 3 is 2.50 bits per heavy atom. The van der Waals surface area contributed by atoms with Crippen molar-refractivity contribution in [3.63, 3.8) is 0 Å². The van der Waals surface area contributed by atoms with Crippen LogP contribution < -0.4 is 4.74 Å². The van der Waals surface area contributed by atoms with Gasteiger partial charge in [0.1, 0.15) is 11.9 Å². The molecular weight excluding hydrogens is 491 g/mol. The van der Waals surface area contributed by atoms with E-state index in [1.54, 1.807) is 18.2 Å². The van der Waals surface area contributed by atoms with Crippen molar-refractivity contribution in [2.45, 2.75) is 103 Å². The maximum absolute atomic E-state index is 15.1. The van der Waals surface area contributed by atoms with Gasteiger partial charge < -0.3 is 14.2 Å². The third-order valence-electron chi connectivity index (χ3n) is 7.06. The summed E-state index contributed by atoms with van der Waals surface area (Å²) >= 11 is 0. The van der Waals surface area contributed by atoms with E-state index in [2.05, 4.69) is 18.8 Å². The SMILES string of the molecule is CCCCCCC(F)COC1CCc2cc(-c3ccc(OCCCOCCCCC)cn3)c(F)c(F)c2C1. The molecule has 0 amide bonds. The molecule has 1 aromatic heterocycles. The van der Waals surface area contributed by atoms with Gasteiger partial charge in [0.25, 0.3) is 0 Å². The van der Waals surface area contributed by atoms with Gasteiger partial charge in [-0.05, 0) is 55.0 Å². The van der Waals surface area contributed by atoms with E-state index in [4.69, 9.17) is 14.2 Å². The Morgan fingerprint density at radius 2 is 1.74 bits per heavy atom. The number of rotatable bonds is 18. The number of benzene rings is 1. The average Bonchev–Trinajstić information content (AvgIpc) is 2.94. The number of fused-ring (bicyclic) bond motifs is 1. The zero-order chi connectivity index (χ0) is 27.2. The summed E-state index contributed by atoms with van der Waals surface area (Å²) in [6.07, 6.45) is 10.5. The van der Waals surface area contributed by atoms with Crippen LogP contribution in [0, 0.1) is 11.6 Å². The lowest BCUT2D eigenvalue weighted by atomic mass is 9.87. The second-order valence-corrected chi connectivity index (χ2v) is 10.2. The molecule has 0 saturated carbocycles. The van der Waals surface area contributed by atoms with E-state index in [-0.39, 0.29) is 24.7 Å². The largest absolute Gasteiger partial charge is 0.492 e. The topological polar surface area (TPSA) is 40.6 Å². The molecule has 0 bridgehead atoms. The summed E-state index contributed by atoms with van der Waals surface area (Å²) in [7, 11) is 0. The van der Waals surface area contributed by atoms with E-state index in [0.29, 0.717) is 49.5 Å². The Balaban J connectivity index is 1.50. The van der Waals surface area contributed by atoms with Gasteiger partial charge in [0.2, 0.25) is 0 Å². The Labute approximate surface area is 226 Å². The van der Waals surface area contributed by atoms with Crippen LogP contribution in [0.1, 0.15) is 89.2 Å². The first-order chi connectivity index (χ1) is 18.5. The van der Waals surface area contributed by atoms with Crippen LogP contribution in [-0.4, -0.2) is 43.7 Å². The van der Waals surface area contributed by atoms with Gasteiger partial charge in [0.15, 0.2) is 11.6 Å². The monoisotopic (exact) mass is 535 g/mol. The van der Waals surface area contributed by atoms with Gasteiger partial charge in [-0.2, -0.15) is 0 Å². The lowest BCUT2D eigenvalue weighted by molar-refractivity contribution is 0.00865. The molecule has 0 spiro atoms. The van der Waals surface area contributed by atoms with Gasteiger partial charge in [-0.25, -0.2) is 13.2 Å². The highest BCUT2D eigenvalue weighted by Gasteiger charge is 2.27. The minimum atomic E-state index is -1.01. The maximum Gasteiger partial charge on any atom is 0.168 e. The van der Waals surface area contributed by atoms with Crippen molar-refractivity contribution in [3.8, 4) is 17.0 Å². The van der Waals surface area contributed by atoms with E-state index >= 15 is 8.78 Å². The van der Waals surface area contributed by atoms with Gasteiger partial charge in [-0.3, -0.25) is 4.98 Å². The highest BCUT2D eigenvalue weighted by molar-refractivity contribution is 5.63. The molecule has 1 aliphatic rings. The van der Waals surface area contributed by atoms with Crippen LogP contribution in [0.2, 0.25) is 0 Å². The molecule has 2 unspecified atom stereocenters. The Kier molecular flexibility index (Phi) is 13.4. The lowest BCUT2D eigenvalue weighted by Crippen LogP contribution is -2.27. The molecule has 0 N–H and O–H groups in total. The average molecular weight is 536 g/mol. The van der Waals surface area contributed by atoms with Crippen LogP contribution in [0.15, 0.2) is 24.4 Å². The number of alkyl halides is 1. The molecule has 1 heterocycles. The number of halogens is 3. The van der Waals surface area contributed by atoms with Crippen LogP contribution in [0.4, 0.5) is 13.2 Å². The summed E-state index contributed by atoms with van der Waals surface area (Å²) < 4.78 is 61.3. The summed E-state index contributed by atoms with van der Waals surface area (Å²) in [5.41, 5.74) is 1.59. The summed E-state index contributed by atoms with van der Waals surface area (Å²) in [5, 5.41) is 0. The second kappa shape index (κ2) is 16.8. The zero-order valence-corrected chi connectivity index (χ0v) is 23.1. The predicted octanol–water partition coefficient (Wildman–Crippen LogP) is 8.18. The third-order valence-corrected chi connectivity index (χ3v) is 7.06. The van der Waals surface area contributed by atoms with Crippen LogP contribution >= 0.6 is 0 Å². The Morgan fingerprint density at radius 1 is 0.947 bits per heavy atom. The number of aromatic nitrogens is 1. The molecule has 0 aliphatic heterocycles. The quantitative estimate of drug-likeness (QED) is 0.181.